The average Bonchev–Trinajstić information content (AvgIpc) is 2.59. The van der Waals surface area contributed by atoms with Gasteiger partial charge in [-0.3, -0.25) is 4.98 Å². The van der Waals surface area contributed by atoms with Gasteiger partial charge in [-0.2, -0.15) is 0 Å². The summed E-state index contributed by atoms with van der Waals surface area (Å²) >= 11 is 1.81. The Bertz CT molecular complexity index is 263. The molecule has 2 nitrogen and oxygen atoms in total. The first-order valence-electron chi connectivity index (χ1n) is 3.91. The first-order valence-corrected chi connectivity index (χ1v) is 4.86. The molecule has 0 amide bonds. The van der Waals surface area contributed by atoms with Crippen LogP contribution in [0.4, 0.5) is 0 Å². The maximum absolute atomic E-state index is 4.26. The molecule has 3 heteroatoms. The third-order valence-electron chi connectivity index (χ3n) is 1.71. The van der Waals surface area contributed by atoms with Gasteiger partial charge in [-0.15, -0.1) is 11.8 Å². The second-order valence-electron chi connectivity index (χ2n) is 2.62. The molecule has 12 heavy (non-hydrogen) atoms. The quantitative estimate of drug-likeness (QED) is 0.747. The molecule has 0 spiro atoms. The van der Waals surface area contributed by atoms with Gasteiger partial charge in [0.05, 0.1) is 5.37 Å². The highest BCUT2D eigenvalue weighted by atomic mass is 32.2. The molecule has 0 bridgehead atoms. The highest BCUT2D eigenvalue weighted by Crippen LogP contribution is 2.18. The van der Waals surface area contributed by atoms with Crippen molar-refractivity contribution in [1.82, 2.24) is 10.3 Å². The summed E-state index contributed by atoms with van der Waals surface area (Å²) in [7, 11) is 0. The Morgan fingerprint density at radius 2 is 2.50 bits per heavy atom. The van der Waals surface area contributed by atoms with Crippen LogP contribution in [0.2, 0.25) is 0 Å². The zero-order valence-corrected chi connectivity index (χ0v) is 7.42. The maximum atomic E-state index is 4.26. The molecule has 1 N–H and O–H groups in total. The summed E-state index contributed by atoms with van der Waals surface area (Å²) in [6, 6.07) is 6.02. The Morgan fingerprint density at radius 3 is 3.17 bits per heavy atom. The molecule has 1 aromatic rings. The fourth-order valence-electron chi connectivity index (χ4n) is 1.14. The van der Waals surface area contributed by atoms with E-state index in [1.807, 2.05) is 24.5 Å². The second-order valence-corrected chi connectivity index (χ2v) is 3.73. The van der Waals surface area contributed by atoms with E-state index in [9.17, 15) is 0 Å². The Balaban J connectivity index is 1.95. The second kappa shape index (κ2) is 3.63. The van der Waals surface area contributed by atoms with E-state index in [1.165, 1.54) is 0 Å². The Kier molecular flexibility index (Phi) is 2.32. The zero-order chi connectivity index (χ0) is 8.23. The van der Waals surface area contributed by atoms with Crippen LogP contribution >= 0.6 is 11.8 Å². The minimum absolute atomic E-state index is 0.472. The van der Waals surface area contributed by atoms with E-state index in [0.717, 1.165) is 12.1 Å². The molecule has 0 saturated carbocycles. The molecular weight excluding hydrogens is 168 g/mol. The lowest BCUT2D eigenvalue weighted by molar-refractivity contribution is 0.770. The Hall–Kier alpha value is -0.960. The van der Waals surface area contributed by atoms with E-state index in [0.29, 0.717) is 5.37 Å². The lowest BCUT2D eigenvalue weighted by Crippen LogP contribution is -2.19. The number of pyridine rings is 1. The molecule has 2 rings (SSSR count). The van der Waals surface area contributed by atoms with Crippen molar-refractivity contribution in [3.8, 4) is 0 Å². The molecule has 1 atom stereocenters. The van der Waals surface area contributed by atoms with Crippen LogP contribution in [0, 0.1) is 0 Å². The summed E-state index contributed by atoms with van der Waals surface area (Å²) in [5.74, 6) is 0. The van der Waals surface area contributed by atoms with Crippen LogP contribution in [0.15, 0.2) is 36.0 Å². The molecule has 0 aromatic carbocycles. The zero-order valence-electron chi connectivity index (χ0n) is 6.60. The SMILES string of the molecule is C1=CSC(Cc2ccccn2)N1. The van der Waals surface area contributed by atoms with Crippen LogP contribution < -0.4 is 5.32 Å². The third kappa shape index (κ3) is 1.80. The third-order valence-corrected chi connectivity index (χ3v) is 2.64. The van der Waals surface area contributed by atoms with E-state index < -0.39 is 0 Å². The molecule has 1 unspecified atom stereocenters. The molecule has 0 radical (unpaired) electrons. The molecule has 0 aliphatic carbocycles. The van der Waals surface area contributed by atoms with Crippen molar-refractivity contribution in [2.45, 2.75) is 11.8 Å². The van der Waals surface area contributed by atoms with Crippen molar-refractivity contribution in [2.24, 2.45) is 0 Å². The van der Waals surface area contributed by atoms with Gasteiger partial charge in [-0.1, -0.05) is 6.07 Å². The topological polar surface area (TPSA) is 24.9 Å². The van der Waals surface area contributed by atoms with Gasteiger partial charge < -0.3 is 5.32 Å². The van der Waals surface area contributed by atoms with E-state index in [2.05, 4.69) is 21.8 Å². The van der Waals surface area contributed by atoms with E-state index in [4.69, 9.17) is 0 Å². The average molecular weight is 178 g/mol. The number of hydrogen-bond acceptors (Lipinski definition) is 3. The lowest BCUT2D eigenvalue weighted by atomic mass is 10.3. The van der Waals surface area contributed by atoms with Crippen LogP contribution in [0.25, 0.3) is 0 Å². The van der Waals surface area contributed by atoms with Crippen molar-refractivity contribution in [1.29, 1.82) is 0 Å². The van der Waals surface area contributed by atoms with Crippen molar-refractivity contribution in [3.63, 3.8) is 0 Å². The first kappa shape index (κ1) is 7.68. The number of thioether (sulfide) groups is 1. The summed E-state index contributed by atoms with van der Waals surface area (Å²) in [5.41, 5.74) is 1.14. The van der Waals surface area contributed by atoms with Crippen molar-refractivity contribution < 1.29 is 0 Å². The minimum atomic E-state index is 0.472. The molecule has 1 aliphatic heterocycles. The van der Waals surface area contributed by atoms with Crippen LogP contribution in [-0.4, -0.2) is 10.4 Å². The highest BCUT2D eigenvalue weighted by molar-refractivity contribution is 8.02. The number of rotatable bonds is 2. The van der Waals surface area contributed by atoms with Gasteiger partial charge in [0.25, 0.3) is 0 Å². The summed E-state index contributed by atoms with van der Waals surface area (Å²) in [6.45, 7) is 0. The van der Waals surface area contributed by atoms with Gasteiger partial charge in [0.1, 0.15) is 0 Å². The number of nitrogens with one attached hydrogen (secondary N) is 1. The van der Waals surface area contributed by atoms with E-state index in [1.54, 1.807) is 11.8 Å². The van der Waals surface area contributed by atoms with Crippen LogP contribution in [0.1, 0.15) is 5.69 Å². The first-order chi connectivity index (χ1) is 5.95. The van der Waals surface area contributed by atoms with Crippen LogP contribution in [-0.2, 0) is 6.42 Å². The van der Waals surface area contributed by atoms with E-state index >= 15 is 0 Å². The molecule has 62 valence electrons. The predicted molar refractivity (Wildman–Crippen MR) is 51.6 cm³/mol. The summed E-state index contributed by atoms with van der Waals surface area (Å²) in [5, 5.41) is 5.80. The largest absolute Gasteiger partial charge is 0.378 e. The van der Waals surface area contributed by atoms with Crippen molar-refractivity contribution in [2.75, 3.05) is 0 Å². The monoisotopic (exact) mass is 178 g/mol. The van der Waals surface area contributed by atoms with Gasteiger partial charge >= 0.3 is 0 Å². The highest BCUT2D eigenvalue weighted by Gasteiger charge is 2.10. The Labute approximate surface area is 76.1 Å². The van der Waals surface area contributed by atoms with Gasteiger partial charge in [0, 0.05) is 24.5 Å². The molecule has 1 aromatic heterocycles. The van der Waals surface area contributed by atoms with Gasteiger partial charge in [0.2, 0.25) is 0 Å². The fraction of sp³-hybridized carbons (Fsp3) is 0.222. The van der Waals surface area contributed by atoms with Gasteiger partial charge in [0.15, 0.2) is 0 Å². The molecular formula is C9H10N2S. The van der Waals surface area contributed by atoms with Crippen molar-refractivity contribution in [3.05, 3.63) is 41.7 Å². The van der Waals surface area contributed by atoms with Gasteiger partial charge in [-0.25, -0.2) is 0 Å². The Morgan fingerprint density at radius 1 is 1.50 bits per heavy atom. The van der Waals surface area contributed by atoms with Crippen LogP contribution in [0.5, 0.6) is 0 Å². The van der Waals surface area contributed by atoms with Crippen molar-refractivity contribution >= 4 is 11.8 Å². The molecule has 0 saturated heterocycles. The van der Waals surface area contributed by atoms with E-state index in [-0.39, 0.29) is 0 Å². The molecule has 0 fully saturated rings. The standard InChI is InChI=1S/C9H10N2S/c1-2-4-10-8(3-1)7-9-11-5-6-12-9/h1-6,9,11H,7H2. The predicted octanol–water partition coefficient (Wildman–Crippen LogP) is 1.76. The molecule has 2 heterocycles. The summed E-state index contributed by atoms with van der Waals surface area (Å²) in [6.07, 6.45) is 4.80. The number of hydrogen-bond donors (Lipinski definition) is 1. The number of nitrogens with zero attached hydrogens (tertiary/aromatic N) is 1. The fourth-order valence-corrected chi connectivity index (χ4v) is 1.91. The summed E-state index contributed by atoms with van der Waals surface area (Å²) in [4.78, 5) is 4.26. The lowest BCUT2D eigenvalue weighted by Gasteiger charge is -2.08. The molecule has 1 aliphatic rings. The number of aromatic nitrogens is 1. The summed E-state index contributed by atoms with van der Waals surface area (Å²) < 4.78 is 0. The maximum Gasteiger partial charge on any atom is 0.0814 e. The smallest absolute Gasteiger partial charge is 0.0814 e. The normalized spacial score (nSPS) is 20.8. The van der Waals surface area contributed by atoms with Gasteiger partial charge in [-0.05, 0) is 17.5 Å². The minimum Gasteiger partial charge on any atom is -0.378 e. The van der Waals surface area contributed by atoms with Crippen LogP contribution in [0.3, 0.4) is 0 Å².